The summed E-state index contributed by atoms with van der Waals surface area (Å²) in [5.41, 5.74) is 1.20. The number of carbonyl (C=O) groups is 3. The van der Waals surface area contributed by atoms with Gasteiger partial charge in [0.25, 0.3) is 11.8 Å². The number of pyridine rings is 1. The molecule has 25 heavy (non-hydrogen) atoms. The predicted octanol–water partition coefficient (Wildman–Crippen LogP) is 0.190. The van der Waals surface area contributed by atoms with Crippen molar-refractivity contribution in [3.63, 3.8) is 0 Å². The molecule has 4 rings (SSSR count). The van der Waals surface area contributed by atoms with Crippen LogP contribution in [0.2, 0.25) is 0 Å². The molecular formula is C16H17N5O4. The maximum atomic E-state index is 12.4. The monoisotopic (exact) mass is 343 g/mol. The van der Waals surface area contributed by atoms with Crippen molar-refractivity contribution in [1.29, 1.82) is 0 Å². The Hall–Kier alpha value is -2.94. The second-order valence-corrected chi connectivity index (χ2v) is 6.12. The summed E-state index contributed by atoms with van der Waals surface area (Å²) in [5.74, 6) is -0.432. The Morgan fingerprint density at radius 3 is 2.76 bits per heavy atom. The van der Waals surface area contributed by atoms with E-state index in [2.05, 4.69) is 26.3 Å². The lowest BCUT2D eigenvalue weighted by Crippen LogP contribution is -2.42. The number of piperidine rings is 1. The number of nitrogens with zero attached hydrogens (tertiary/aromatic N) is 1. The van der Waals surface area contributed by atoms with E-state index < -0.39 is 18.0 Å². The number of hydrogen-bond donors (Lipinski definition) is 4. The van der Waals surface area contributed by atoms with Gasteiger partial charge in [-0.05, 0) is 38.1 Å². The van der Waals surface area contributed by atoms with Gasteiger partial charge in [-0.2, -0.15) is 0 Å². The highest BCUT2D eigenvalue weighted by Gasteiger charge is 2.33. The second-order valence-electron chi connectivity index (χ2n) is 6.12. The SMILES string of the molecule is O=C1NC(=O)[C@@H](c2cc3nc(C(=O)NC4CCNCC4)ccc3o2)N1. The van der Waals surface area contributed by atoms with Crippen LogP contribution in [-0.4, -0.2) is 42.0 Å². The minimum absolute atomic E-state index is 0.142. The van der Waals surface area contributed by atoms with E-state index in [1.165, 1.54) is 0 Å². The fourth-order valence-electron chi connectivity index (χ4n) is 3.05. The number of amides is 4. The molecule has 0 unspecified atom stereocenters. The zero-order valence-corrected chi connectivity index (χ0v) is 13.3. The normalized spacial score (nSPS) is 21.2. The van der Waals surface area contributed by atoms with E-state index in [9.17, 15) is 14.4 Å². The lowest BCUT2D eigenvalue weighted by Gasteiger charge is -2.23. The lowest BCUT2D eigenvalue weighted by molar-refractivity contribution is -0.120. The number of carbonyl (C=O) groups excluding carboxylic acids is 3. The summed E-state index contributed by atoms with van der Waals surface area (Å²) in [4.78, 5) is 39.6. The summed E-state index contributed by atoms with van der Waals surface area (Å²) in [6, 6.07) is 3.48. The van der Waals surface area contributed by atoms with Crippen molar-refractivity contribution >= 4 is 28.9 Å². The Morgan fingerprint density at radius 1 is 1.24 bits per heavy atom. The maximum absolute atomic E-state index is 12.4. The van der Waals surface area contributed by atoms with Crippen LogP contribution in [0.4, 0.5) is 4.79 Å². The summed E-state index contributed by atoms with van der Waals surface area (Å²) in [5, 5.41) is 10.8. The molecule has 0 aliphatic carbocycles. The van der Waals surface area contributed by atoms with E-state index in [0.29, 0.717) is 16.8 Å². The molecule has 0 bridgehead atoms. The molecule has 2 saturated heterocycles. The topological polar surface area (TPSA) is 125 Å². The third-order valence-corrected chi connectivity index (χ3v) is 4.36. The molecule has 4 N–H and O–H groups in total. The van der Waals surface area contributed by atoms with Crippen molar-refractivity contribution in [2.24, 2.45) is 0 Å². The van der Waals surface area contributed by atoms with Crippen LogP contribution in [0.1, 0.15) is 35.1 Å². The Morgan fingerprint density at radius 2 is 2.04 bits per heavy atom. The van der Waals surface area contributed by atoms with Gasteiger partial charge in [-0.1, -0.05) is 0 Å². The molecule has 2 aromatic heterocycles. The van der Waals surface area contributed by atoms with Gasteiger partial charge in [0.05, 0.1) is 0 Å². The number of fused-ring (bicyclic) bond motifs is 1. The zero-order chi connectivity index (χ0) is 17.4. The minimum atomic E-state index is -0.881. The van der Waals surface area contributed by atoms with Crippen LogP contribution >= 0.6 is 0 Å². The molecular weight excluding hydrogens is 326 g/mol. The Labute approximate surface area is 142 Å². The summed E-state index contributed by atoms with van der Waals surface area (Å²) in [6.45, 7) is 1.77. The van der Waals surface area contributed by atoms with Crippen molar-refractivity contribution in [1.82, 2.24) is 26.3 Å². The first kappa shape index (κ1) is 15.6. The van der Waals surface area contributed by atoms with Gasteiger partial charge in [0.1, 0.15) is 17.0 Å². The van der Waals surface area contributed by atoms with Gasteiger partial charge < -0.3 is 20.4 Å². The molecule has 9 heteroatoms. The second kappa shape index (κ2) is 6.17. The number of urea groups is 1. The van der Waals surface area contributed by atoms with Crippen LogP contribution in [-0.2, 0) is 4.79 Å². The average Bonchev–Trinajstić information content (AvgIpc) is 3.17. The summed E-state index contributed by atoms with van der Waals surface area (Å²) < 4.78 is 5.58. The van der Waals surface area contributed by atoms with Crippen LogP contribution < -0.4 is 21.3 Å². The van der Waals surface area contributed by atoms with Crippen molar-refractivity contribution in [3.8, 4) is 0 Å². The van der Waals surface area contributed by atoms with Crippen LogP contribution in [0.3, 0.4) is 0 Å². The molecule has 130 valence electrons. The number of hydrogen-bond acceptors (Lipinski definition) is 6. The first-order valence-corrected chi connectivity index (χ1v) is 8.13. The molecule has 2 aromatic rings. The predicted molar refractivity (Wildman–Crippen MR) is 86.8 cm³/mol. The van der Waals surface area contributed by atoms with Crippen LogP contribution in [0.25, 0.3) is 11.1 Å². The van der Waals surface area contributed by atoms with Crippen molar-refractivity contribution < 1.29 is 18.8 Å². The van der Waals surface area contributed by atoms with Gasteiger partial charge in [0, 0.05) is 12.1 Å². The number of furan rings is 1. The summed E-state index contributed by atoms with van der Waals surface area (Å²) in [7, 11) is 0. The highest BCUT2D eigenvalue weighted by molar-refractivity contribution is 6.04. The fourth-order valence-corrected chi connectivity index (χ4v) is 3.05. The number of rotatable bonds is 3. The van der Waals surface area contributed by atoms with Gasteiger partial charge in [-0.3, -0.25) is 14.9 Å². The van der Waals surface area contributed by atoms with E-state index in [1.54, 1.807) is 18.2 Å². The molecule has 0 saturated carbocycles. The largest absolute Gasteiger partial charge is 0.457 e. The van der Waals surface area contributed by atoms with Crippen molar-refractivity contribution in [3.05, 3.63) is 29.7 Å². The molecule has 2 aliphatic heterocycles. The number of aromatic nitrogens is 1. The van der Waals surface area contributed by atoms with Gasteiger partial charge in [0.2, 0.25) is 0 Å². The number of imide groups is 1. The first-order chi connectivity index (χ1) is 12.1. The Balaban J connectivity index is 1.54. The highest BCUT2D eigenvalue weighted by Crippen LogP contribution is 2.24. The molecule has 2 fully saturated rings. The van der Waals surface area contributed by atoms with Crippen LogP contribution in [0.15, 0.2) is 22.6 Å². The third-order valence-electron chi connectivity index (χ3n) is 4.36. The van der Waals surface area contributed by atoms with Crippen molar-refractivity contribution in [2.75, 3.05) is 13.1 Å². The Bertz CT molecular complexity index is 855. The summed E-state index contributed by atoms with van der Waals surface area (Å²) >= 11 is 0. The smallest absolute Gasteiger partial charge is 0.322 e. The maximum Gasteiger partial charge on any atom is 0.322 e. The quantitative estimate of drug-likeness (QED) is 0.590. The molecule has 0 radical (unpaired) electrons. The first-order valence-electron chi connectivity index (χ1n) is 8.13. The molecule has 0 aromatic carbocycles. The standard InChI is InChI=1S/C16H17N5O4/c22-14(18-8-3-5-17-6-4-8)9-1-2-11-10(19-9)7-12(25-11)13-15(23)21-16(24)20-13/h1-2,7-8,13,17H,3-6H2,(H,18,22)(H2,20,21,23,24)/t13-/m1/s1. The number of nitrogens with one attached hydrogen (secondary N) is 4. The van der Waals surface area contributed by atoms with E-state index in [1.807, 2.05) is 0 Å². The molecule has 1 atom stereocenters. The zero-order valence-electron chi connectivity index (χ0n) is 13.3. The van der Waals surface area contributed by atoms with Gasteiger partial charge >= 0.3 is 6.03 Å². The van der Waals surface area contributed by atoms with Gasteiger partial charge in [0.15, 0.2) is 11.6 Å². The van der Waals surface area contributed by atoms with Gasteiger partial charge in [-0.15, -0.1) is 0 Å². The highest BCUT2D eigenvalue weighted by atomic mass is 16.3. The molecule has 2 aliphatic rings. The minimum Gasteiger partial charge on any atom is -0.457 e. The van der Waals surface area contributed by atoms with E-state index in [4.69, 9.17) is 4.42 Å². The van der Waals surface area contributed by atoms with Gasteiger partial charge in [-0.25, -0.2) is 9.78 Å². The third kappa shape index (κ3) is 3.05. The summed E-state index contributed by atoms with van der Waals surface area (Å²) in [6.07, 6.45) is 1.78. The lowest BCUT2D eigenvalue weighted by atomic mass is 10.1. The Kier molecular flexibility index (Phi) is 3.85. The van der Waals surface area contributed by atoms with E-state index in [-0.39, 0.29) is 17.7 Å². The van der Waals surface area contributed by atoms with Crippen molar-refractivity contribution in [2.45, 2.75) is 24.9 Å². The van der Waals surface area contributed by atoms with E-state index in [0.717, 1.165) is 25.9 Å². The van der Waals surface area contributed by atoms with Crippen LogP contribution in [0, 0.1) is 0 Å². The molecule has 4 heterocycles. The van der Waals surface area contributed by atoms with E-state index >= 15 is 0 Å². The van der Waals surface area contributed by atoms with Crippen LogP contribution in [0.5, 0.6) is 0 Å². The fraction of sp³-hybridized carbons (Fsp3) is 0.375. The molecule has 0 spiro atoms. The average molecular weight is 343 g/mol. The molecule has 9 nitrogen and oxygen atoms in total. The molecule has 4 amide bonds.